The van der Waals surface area contributed by atoms with Crippen LogP contribution in [-0.2, 0) is 6.54 Å². The summed E-state index contributed by atoms with van der Waals surface area (Å²) in [7, 11) is 0. The zero-order valence-corrected chi connectivity index (χ0v) is 11.1. The molecule has 5 N–H and O–H groups in total. The molecule has 104 valence electrons. The molecule has 0 aliphatic carbocycles. The van der Waals surface area contributed by atoms with Gasteiger partial charge in [0.1, 0.15) is 12.3 Å². The molecular formula is C14H16N4O2. The second-order valence-corrected chi connectivity index (χ2v) is 4.32. The highest BCUT2D eigenvalue weighted by atomic mass is 16.3. The SMILES string of the molecule is Cc1ccc(NC(N)=NCc2ccc(C(N)=O)o2)cc1. The molecule has 20 heavy (non-hydrogen) atoms. The lowest BCUT2D eigenvalue weighted by Crippen LogP contribution is -2.22. The lowest BCUT2D eigenvalue weighted by molar-refractivity contribution is 0.0972. The van der Waals surface area contributed by atoms with Crippen LogP contribution < -0.4 is 16.8 Å². The van der Waals surface area contributed by atoms with Crippen molar-refractivity contribution < 1.29 is 9.21 Å². The Labute approximate surface area is 116 Å². The predicted octanol–water partition coefficient (Wildman–Crippen LogP) is 1.61. The molecule has 0 saturated heterocycles. The molecule has 1 amide bonds. The molecule has 0 atom stereocenters. The van der Waals surface area contributed by atoms with E-state index >= 15 is 0 Å². The summed E-state index contributed by atoms with van der Waals surface area (Å²) in [6.45, 7) is 2.24. The van der Waals surface area contributed by atoms with Gasteiger partial charge in [-0.1, -0.05) is 17.7 Å². The lowest BCUT2D eigenvalue weighted by Gasteiger charge is -2.05. The average molecular weight is 272 g/mol. The number of carbonyl (C=O) groups excluding carboxylic acids is 1. The molecule has 1 heterocycles. The minimum Gasteiger partial charge on any atom is -0.454 e. The molecule has 0 unspecified atom stereocenters. The van der Waals surface area contributed by atoms with Gasteiger partial charge >= 0.3 is 0 Å². The van der Waals surface area contributed by atoms with E-state index in [4.69, 9.17) is 15.9 Å². The maximum absolute atomic E-state index is 10.9. The smallest absolute Gasteiger partial charge is 0.284 e. The van der Waals surface area contributed by atoms with Crippen LogP contribution in [0.4, 0.5) is 5.69 Å². The van der Waals surface area contributed by atoms with E-state index < -0.39 is 5.91 Å². The summed E-state index contributed by atoms with van der Waals surface area (Å²) < 4.78 is 5.20. The largest absolute Gasteiger partial charge is 0.454 e. The molecule has 0 spiro atoms. The summed E-state index contributed by atoms with van der Waals surface area (Å²) in [4.78, 5) is 15.0. The van der Waals surface area contributed by atoms with E-state index in [1.165, 1.54) is 11.6 Å². The summed E-state index contributed by atoms with van der Waals surface area (Å²) in [5.74, 6) is 0.296. The Balaban J connectivity index is 1.96. The van der Waals surface area contributed by atoms with Crippen LogP contribution in [0.2, 0.25) is 0 Å². The zero-order chi connectivity index (χ0) is 14.5. The molecule has 0 aliphatic heterocycles. The van der Waals surface area contributed by atoms with Crippen LogP contribution in [0.15, 0.2) is 45.8 Å². The molecule has 1 aromatic carbocycles. The molecule has 0 aliphatic rings. The van der Waals surface area contributed by atoms with Gasteiger partial charge in [0.05, 0.1) is 0 Å². The Bertz CT molecular complexity index is 629. The fourth-order valence-electron chi connectivity index (χ4n) is 1.58. The van der Waals surface area contributed by atoms with E-state index in [9.17, 15) is 4.79 Å². The van der Waals surface area contributed by atoms with Gasteiger partial charge < -0.3 is 21.2 Å². The van der Waals surface area contributed by atoms with Crippen molar-refractivity contribution in [1.82, 2.24) is 0 Å². The summed E-state index contributed by atoms with van der Waals surface area (Å²) in [6, 6.07) is 10.9. The normalized spacial score (nSPS) is 11.3. The minimum absolute atomic E-state index is 0.111. The summed E-state index contributed by atoms with van der Waals surface area (Å²) in [6.07, 6.45) is 0. The number of carbonyl (C=O) groups is 1. The second kappa shape index (κ2) is 5.92. The van der Waals surface area contributed by atoms with Gasteiger partial charge in [-0.2, -0.15) is 0 Å². The monoisotopic (exact) mass is 272 g/mol. The highest BCUT2D eigenvalue weighted by molar-refractivity contribution is 5.92. The van der Waals surface area contributed by atoms with Gasteiger partial charge in [0.2, 0.25) is 0 Å². The molecule has 0 bridgehead atoms. The number of nitrogens with zero attached hydrogens (tertiary/aromatic N) is 1. The number of anilines is 1. The van der Waals surface area contributed by atoms with Crippen molar-refractivity contribution in [2.45, 2.75) is 13.5 Å². The molecule has 2 rings (SSSR count). The summed E-state index contributed by atoms with van der Waals surface area (Å²) in [5.41, 5.74) is 12.9. The Kier molecular flexibility index (Phi) is 4.05. The number of aliphatic imine (C=N–C) groups is 1. The Hall–Kier alpha value is -2.76. The number of hydrogen-bond donors (Lipinski definition) is 3. The fraction of sp³-hybridized carbons (Fsp3) is 0.143. The van der Waals surface area contributed by atoms with E-state index in [1.54, 1.807) is 6.07 Å². The molecule has 0 fully saturated rings. The van der Waals surface area contributed by atoms with E-state index in [0.717, 1.165) is 5.69 Å². The number of hydrogen-bond acceptors (Lipinski definition) is 3. The Morgan fingerprint density at radius 3 is 2.50 bits per heavy atom. The van der Waals surface area contributed by atoms with Gasteiger partial charge in [0, 0.05) is 5.69 Å². The average Bonchev–Trinajstić information content (AvgIpc) is 2.88. The highest BCUT2D eigenvalue weighted by Gasteiger charge is 2.06. The Morgan fingerprint density at radius 2 is 1.90 bits per heavy atom. The fourth-order valence-corrected chi connectivity index (χ4v) is 1.58. The second-order valence-electron chi connectivity index (χ2n) is 4.32. The number of primary amides is 1. The third kappa shape index (κ3) is 3.61. The summed E-state index contributed by atoms with van der Waals surface area (Å²) >= 11 is 0. The number of nitrogens with two attached hydrogens (primary N) is 2. The molecule has 0 radical (unpaired) electrons. The highest BCUT2D eigenvalue weighted by Crippen LogP contribution is 2.10. The molecule has 1 aromatic heterocycles. The topological polar surface area (TPSA) is 107 Å². The first-order valence-corrected chi connectivity index (χ1v) is 6.07. The zero-order valence-electron chi connectivity index (χ0n) is 11.1. The van der Waals surface area contributed by atoms with Crippen molar-refractivity contribution in [3.8, 4) is 0 Å². The molecular weight excluding hydrogens is 256 g/mol. The summed E-state index contributed by atoms with van der Waals surface area (Å²) in [5, 5.41) is 2.96. The number of guanidine groups is 1. The molecule has 2 aromatic rings. The minimum atomic E-state index is -0.606. The van der Waals surface area contributed by atoms with Crippen LogP contribution in [-0.4, -0.2) is 11.9 Å². The Morgan fingerprint density at radius 1 is 1.20 bits per heavy atom. The number of aryl methyl sites for hydroxylation is 1. The quantitative estimate of drug-likeness (QED) is 0.580. The van der Waals surface area contributed by atoms with Gasteiger partial charge in [0.15, 0.2) is 11.7 Å². The van der Waals surface area contributed by atoms with Crippen molar-refractivity contribution in [2.75, 3.05) is 5.32 Å². The van der Waals surface area contributed by atoms with Crippen LogP contribution in [0, 0.1) is 6.92 Å². The first kappa shape index (κ1) is 13.7. The number of furan rings is 1. The van der Waals surface area contributed by atoms with Crippen LogP contribution in [0.5, 0.6) is 0 Å². The van der Waals surface area contributed by atoms with Crippen LogP contribution in [0.1, 0.15) is 21.9 Å². The first-order valence-electron chi connectivity index (χ1n) is 6.07. The molecule has 6 heteroatoms. The van der Waals surface area contributed by atoms with E-state index in [2.05, 4.69) is 10.3 Å². The number of amides is 1. The van der Waals surface area contributed by atoms with Crippen molar-refractivity contribution >= 4 is 17.6 Å². The number of rotatable bonds is 4. The van der Waals surface area contributed by atoms with Gasteiger partial charge in [-0.05, 0) is 31.2 Å². The van der Waals surface area contributed by atoms with Crippen LogP contribution in [0.25, 0.3) is 0 Å². The van der Waals surface area contributed by atoms with Crippen LogP contribution in [0.3, 0.4) is 0 Å². The predicted molar refractivity (Wildman–Crippen MR) is 77.4 cm³/mol. The standard InChI is InChI=1S/C14H16N4O2/c1-9-2-4-10(5-3-9)18-14(16)17-8-11-6-7-12(20-11)13(15)19/h2-7H,8H2,1H3,(H2,15,19)(H3,16,17,18). The first-order chi connectivity index (χ1) is 9.54. The number of nitrogens with one attached hydrogen (secondary N) is 1. The van der Waals surface area contributed by atoms with E-state index in [1.807, 2.05) is 31.2 Å². The van der Waals surface area contributed by atoms with Gasteiger partial charge in [-0.15, -0.1) is 0 Å². The van der Waals surface area contributed by atoms with Gasteiger partial charge in [0.25, 0.3) is 5.91 Å². The maximum atomic E-state index is 10.9. The van der Waals surface area contributed by atoms with Gasteiger partial charge in [-0.3, -0.25) is 4.79 Å². The van der Waals surface area contributed by atoms with E-state index in [-0.39, 0.29) is 18.3 Å². The van der Waals surface area contributed by atoms with Crippen molar-refractivity contribution in [1.29, 1.82) is 0 Å². The molecule has 6 nitrogen and oxygen atoms in total. The van der Waals surface area contributed by atoms with Crippen molar-refractivity contribution in [3.05, 3.63) is 53.5 Å². The maximum Gasteiger partial charge on any atom is 0.284 e. The number of benzene rings is 1. The van der Waals surface area contributed by atoms with Crippen LogP contribution >= 0.6 is 0 Å². The van der Waals surface area contributed by atoms with Crippen molar-refractivity contribution in [2.24, 2.45) is 16.5 Å². The van der Waals surface area contributed by atoms with E-state index in [0.29, 0.717) is 5.76 Å². The van der Waals surface area contributed by atoms with Crippen molar-refractivity contribution in [3.63, 3.8) is 0 Å². The lowest BCUT2D eigenvalue weighted by atomic mass is 10.2. The third-order valence-electron chi connectivity index (χ3n) is 2.63. The van der Waals surface area contributed by atoms with Gasteiger partial charge in [-0.25, -0.2) is 4.99 Å². The third-order valence-corrected chi connectivity index (χ3v) is 2.63. The molecule has 0 saturated carbocycles.